The predicted octanol–water partition coefficient (Wildman–Crippen LogP) is 1.81. The number of aliphatic hydroxyl groups is 1. The number of hydrogen-bond acceptors (Lipinski definition) is 9. The van der Waals surface area contributed by atoms with Crippen LogP contribution in [0.5, 0.6) is 0 Å². The Labute approximate surface area is 314 Å². The second kappa shape index (κ2) is 21.8. The Morgan fingerprint density at radius 2 is 1.28 bits per heavy atom. The quantitative estimate of drug-likeness (QED) is 0.175. The first-order valence-corrected chi connectivity index (χ1v) is 19.4. The number of amides is 6. The van der Waals surface area contributed by atoms with Crippen molar-refractivity contribution in [1.29, 1.82) is 0 Å². The van der Waals surface area contributed by atoms with Crippen LogP contribution in [0.4, 0.5) is 0 Å². The molecule has 0 radical (unpaired) electrons. The smallest absolute Gasteiger partial charge is 0.373 e. The van der Waals surface area contributed by atoms with Crippen molar-refractivity contribution in [3.8, 4) is 0 Å². The molecule has 1 saturated carbocycles. The Hall–Kier alpha value is -3.84. The lowest BCUT2D eigenvalue weighted by Gasteiger charge is -2.41. The van der Waals surface area contributed by atoms with Gasteiger partial charge in [0.25, 0.3) is 0 Å². The van der Waals surface area contributed by atoms with Crippen LogP contribution in [0, 0.1) is 17.3 Å². The SMILES string of the molecule is CCCNC(=O)[C@@H](NC(=O)[C@@H]1CCCN1C(=O)[C@H](C)NC(=O)[C@@H]1CCCCN1C(=O)[C@@H](NC(=O)C[C@H](C)C1CCCCC1)C(C)(C)C)[C@@H](C)O.O=C=O. The summed E-state index contributed by atoms with van der Waals surface area (Å²) in [6, 6.07) is -4.62. The molecule has 0 aromatic heterocycles. The summed E-state index contributed by atoms with van der Waals surface area (Å²) < 4.78 is 0. The number of nitrogens with one attached hydrogen (secondary N) is 4. The summed E-state index contributed by atoms with van der Waals surface area (Å²) in [7, 11) is 0. The van der Waals surface area contributed by atoms with Crippen molar-refractivity contribution in [3.05, 3.63) is 0 Å². The maximum absolute atomic E-state index is 14.1. The first-order valence-electron chi connectivity index (χ1n) is 19.4. The van der Waals surface area contributed by atoms with Crippen molar-refractivity contribution in [2.24, 2.45) is 17.3 Å². The fourth-order valence-corrected chi connectivity index (χ4v) is 7.60. The van der Waals surface area contributed by atoms with Crippen LogP contribution in [0.2, 0.25) is 0 Å². The molecule has 1 aliphatic carbocycles. The van der Waals surface area contributed by atoms with E-state index in [1.54, 1.807) is 11.8 Å². The molecule has 0 bridgehead atoms. The van der Waals surface area contributed by atoms with E-state index in [1.807, 2.05) is 27.7 Å². The van der Waals surface area contributed by atoms with E-state index in [9.17, 15) is 33.9 Å². The standard InChI is InChI=1S/C37H64N6O7.CO2/c1-8-19-38-34(48)30(25(4)44)41-33(47)28-18-14-21-42(28)35(49)24(3)39-32(46)27-17-12-13-20-43(27)36(50)31(37(5,6)7)40-29(45)22-23(2)26-15-10-9-11-16-26;2-1-3/h23-28,30-31,44H,8-22H2,1-7H3,(H,38,48)(H,39,46)(H,40,45)(H,41,47);/t23-,24-,25+,27-,28-,30-,31+;/m0./s1. The van der Waals surface area contributed by atoms with Crippen molar-refractivity contribution < 1.29 is 43.5 Å². The van der Waals surface area contributed by atoms with Crippen LogP contribution in [0.1, 0.15) is 126 Å². The van der Waals surface area contributed by atoms with Gasteiger partial charge in [-0.25, -0.2) is 0 Å². The number of aliphatic hydroxyl groups excluding tert-OH is 1. The molecule has 53 heavy (non-hydrogen) atoms. The topological polar surface area (TPSA) is 211 Å². The third-order valence-electron chi connectivity index (χ3n) is 10.6. The van der Waals surface area contributed by atoms with Gasteiger partial charge in [-0.3, -0.25) is 28.8 Å². The average molecular weight is 749 g/mol. The molecule has 6 amide bonds. The van der Waals surface area contributed by atoms with Gasteiger partial charge >= 0.3 is 6.15 Å². The molecule has 0 aromatic carbocycles. The molecule has 3 aliphatic rings. The van der Waals surface area contributed by atoms with Crippen molar-refractivity contribution >= 4 is 41.6 Å². The van der Waals surface area contributed by atoms with Gasteiger partial charge in [-0.05, 0) is 69.6 Å². The number of likely N-dealkylation sites (tertiary alicyclic amines) is 2. The lowest BCUT2D eigenvalue weighted by Crippen LogP contribution is -2.62. The summed E-state index contributed by atoms with van der Waals surface area (Å²) in [5.41, 5.74) is -0.600. The molecule has 15 nitrogen and oxygen atoms in total. The Kier molecular flexibility index (Phi) is 18.6. The Bertz CT molecular complexity index is 1290. The summed E-state index contributed by atoms with van der Waals surface area (Å²) >= 11 is 0. The fraction of sp³-hybridized carbons (Fsp3) is 0.816. The largest absolute Gasteiger partial charge is 0.391 e. The first kappa shape index (κ1) is 45.3. The molecule has 2 aliphatic heterocycles. The molecule has 7 atom stereocenters. The van der Waals surface area contributed by atoms with Gasteiger partial charge in [0.05, 0.1) is 6.10 Å². The minimum Gasteiger partial charge on any atom is -0.391 e. The minimum atomic E-state index is -1.17. The van der Waals surface area contributed by atoms with Crippen molar-refractivity contribution in [2.75, 3.05) is 19.6 Å². The maximum atomic E-state index is 14.1. The number of carbonyl (C=O) groups is 6. The van der Waals surface area contributed by atoms with Crippen LogP contribution >= 0.6 is 0 Å². The highest BCUT2D eigenvalue weighted by Crippen LogP contribution is 2.32. The van der Waals surface area contributed by atoms with Crippen LogP contribution in [-0.2, 0) is 38.4 Å². The molecular weight excluding hydrogens is 684 g/mol. The average Bonchev–Trinajstić information content (AvgIpc) is 3.61. The zero-order chi connectivity index (χ0) is 39.9. The van der Waals surface area contributed by atoms with Gasteiger partial charge in [0.15, 0.2) is 0 Å². The van der Waals surface area contributed by atoms with Crippen LogP contribution in [0.25, 0.3) is 0 Å². The summed E-state index contributed by atoms with van der Waals surface area (Å²) in [5.74, 6) is -1.65. The number of rotatable bonds is 14. The molecule has 3 rings (SSSR count). The fourth-order valence-electron chi connectivity index (χ4n) is 7.60. The van der Waals surface area contributed by atoms with Crippen LogP contribution < -0.4 is 21.3 Å². The molecule has 300 valence electrons. The zero-order valence-electron chi connectivity index (χ0n) is 32.8. The lowest BCUT2D eigenvalue weighted by atomic mass is 9.79. The van der Waals surface area contributed by atoms with Crippen LogP contribution in [0.15, 0.2) is 0 Å². The molecule has 5 N–H and O–H groups in total. The number of carbonyl (C=O) groups excluding carboxylic acids is 8. The summed E-state index contributed by atoms with van der Waals surface area (Å²) in [6.07, 6.45) is 8.90. The zero-order valence-corrected chi connectivity index (χ0v) is 32.8. The molecule has 0 unspecified atom stereocenters. The first-order chi connectivity index (χ1) is 25.0. The van der Waals surface area contributed by atoms with Crippen molar-refractivity contribution in [1.82, 2.24) is 31.1 Å². The maximum Gasteiger partial charge on any atom is 0.373 e. The molecule has 0 aromatic rings. The van der Waals surface area contributed by atoms with Gasteiger partial charge in [-0.15, -0.1) is 0 Å². The highest BCUT2D eigenvalue weighted by molar-refractivity contribution is 5.97. The molecule has 0 spiro atoms. The van der Waals surface area contributed by atoms with Crippen LogP contribution in [0.3, 0.4) is 0 Å². The van der Waals surface area contributed by atoms with Crippen LogP contribution in [-0.4, -0.2) is 112 Å². The molecule has 3 fully saturated rings. The normalized spacial score (nSPS) is 22.0. The van der Waals surface area contributed by atoms with Gasteiger partial charge in [-0.2, -0.15) is 9.59 Å². The number of piperidine rings is 1. The van der Waals surface area contributed by atoms with Gasteiger partial charge in [0.1, 0.15) is 30.2 Å². The second-order valence-electron chi connectivity index (χ2n) is 16.0. The Morgan fingerprint density at radius 3 is 1.85 bits per heavy atom. The lowest BCUT2D eigenvalue weighted by molar-refractivity contribution is -0.191. The van der Waals surface area contributed by atoms with E-state index in [4.69, 9.17) is 9.59 Å². The summed E-state index contributed by atoms with van der Waals surface area (Å²) in [4.78, 5) is 99.8. The molecule has 2 heterocycles. The van der Waals surface area contributed by atoms with E-state index in [1.165, 1.54) is 31.1 Å². The molecule has 2 saturated heterocycles. The van der Waals surface area contributed by atoms with E-state index in [-0.39, 0.29) is 23.9 Å². The molecular formula is C38H64N6O9. The van der Waals surface area contributed by atoms with E-state index in [0.29, 0.717) is 57.7 Å². The monoisotopic (exact) mass is 748 g/mol. The van der Waals surface area contributed by atoms with Gasteiger partial charge in [-0.1, -0.05) is 66.7 Å². The van der Waals surface area contributed by atoms with Gasteiger partial charge in [0.2, 0.25) is 35.4 Å². The van der Waals surface area contributed by atoms with E-state index in [2.05, 4.69) is 28.2 Å². The second-order valence-corrected chi connectivity index (χ2v) is 16.0. The van der Waals surface area contributed by atoms with Crippen molar-refractivity contribution in [2.45, 2.75) is 162 Å². The van der Waals surface area contributed by atoms with E-state index < -0.39 is 65.4 Å². The Balaban J connectivity index is 0.00000313. The Morgan fingerprint density at radius 1 is 0.755 bits per heavy atom. The predicted molar refractivity (Wildman–Crippen MR) is 195 cm³/mol. The minimum absolute atomic E-state index is 0.154. The number of hydrogen-bond donors (Lipinski definition) is 5. The number of nitrogens with zero attached hydrogens (tertiary/aromatic N) is 2. The highest BCUT2D eigenvalue weighted by Gasteiger charge is 2.43. The summed E-state index contributed by atoms with van der Waals surface area (Å²) in [6.45, 7) is 13.8. The van der Waals surface area contributed by atoms with Gasteiger partial charge in [0, 0.05) is 26.1 Å². The van der Waals surface area contributed by atoms with Crippen molar-refractivity contribution in [3.63, 3.8) is 0 Å². The highest BCUT2D eigenvalue weighted by atomic mass is 16.3. The summed E-state index contributed by atoms with van der Waals surface area (Å²) in [5, 5.41) is 21.3. The van der Waals surface area contributed by atoms with E-state index >= 15 is 0 Å². The third kappa shape index (κ3) is 13.5. The molecule has 15 heteroatoms. The van der Waals surface area contributed by atoms with E-state index in [0.717, 1.165) is 25.7 Å². The van der Waals surface area contributed by atoms with Gasteiger partial charge < -0.3 is 36.2 Å². The third-order valence-corrected chi connectivity index (χ3v) is 10.6.